The van der Waals surface area contributed by atoms with Crippen molar-refractivity contribution in [2.75, 3.05) is 13.1 Å². The topological polar surface area (TPSA) is 53.7 Å². The van der Waals surface area contributed by atoms with Crippen molar-refractivity contribution in [3.05, 3.63) is 64.0 Å². The Labute approximate surface area is 166 Å². The quantitative estimate of drug-likeness (QED) is 0.609. The summed E-state index contributed by atoms with van der Waals surface area (Å²) in [4.78, 5) is 14.3. The highest BCUT2D eigenvalue weighted by Gasteiger charge is 2.31. The van der Waals surface area contributed by atoms with E-state index in [-0.39, 0.29) is 40.8 Å². The molecule has 0 radical (unpaired) electrons. The summed E-state index contributed by atoms with van der Waals surface area (Å²) >= 11 is 0. The van der Waals surface area contributed by atoms with Crippen LogP contribution in [0.15, 0.2) is 51.7 Å². The molecule has 1 heterocycles. The van der Waals surface area contributed by atoms with Gasteiger partial charge in [0.05, 0.1) is 23.1 Å². The minimum Gasteiger partial charge on any atom is -0.507 e. The first-order valence-electron chi connectivity index (χ1n) is 9.34. The van der Waals surface area contributed by atoms with Gasteiger partial charge in [0, 0.05) is 6.54 Å². The van der Waals surface area contributed by atoms with E-state index in [1.165, 1.54) is 17.0 Å². The summed E-state index contributed by atoms with van der Waals surface area (Å²) in [5, 5.41) is 10.5. The van der Waals surface area contributed by atoms with E-state index in [4.69, 9.17) is 4.42 Å². The number of fused-ring (bicyclic) bond motifs is 1. The van der Waals surface area contributed by atoms with Gasteiger partial charge in [0.2, 0.25) is 5.43 Å². The number of phenolic OH excluding ortho intramolecular Hbond substituents is 1. The number of phenols is 1. The molecular weight excluding hydrogens is 383 g/mol. The number of benzene rings is 2. The van der Waals surface area contributed by atoms with Crippen molar-refractivity contribution in [1.82, 2.24) is 4.90 Å². The predicted molar refractivity (Wildman–Crippen MR) is 106 cm³/mol. The molecule has 0 spiro atoms. The number of aromatic hydroxyl groups is 1. The average Bonchev–Trinajstić information content (AvgIpc) is 2.64. The van der Waals surface area contributed by atoms with Gasteiger partial charge in [-0.25, -0.2) is 0 Å². The zero-order valence-electron chi connectivity index (χ0n) is 16.2. The molecule has 0 fully saturated rings. The lowest BCUT2D eigenvalue weighted by molar-refractivity contribution is -0.147. The van der Waals surface area contributed by atoms with Crippen LogP contribution in [0, 0.1) is 6.92 Å². The van der Waals surface area contributed by atoms with E-state index in [2.05, 4.69) is 0 Å². The van der Waals surface area contributed by atoms with Crippen LogP contribution in [-0.4, -0.2) is 29.3 Å². The Balaban J connectivity index is 2.14. The maximum atomic E-state index is 13.1. The van der Waals surface area contributed by atoms with Gasteiger partial charge in [-0.05, 0) is 37.6 Å². The van der Waals surface area contributed by atoms with Crippen LogP contribution in [0.2, 0.25) is 0 Å². The molecule has 2 aromatic carbocycles. The molecular formula is C22H22F3NO3. The molecule has 0 amide bonds. The molecule has 0 bridgehead atoms. The Morgan fingerprint density at radius 3 is 2.41 bits per heavy atom. The van der Waals surface area contributed by atoms with Crippen LogP contribution in [-0.2, 0) is 6.54 Å². The Morgan fingerprint density at radius 1 is 1.10 bits per heavy atom. The molecule has 3 aromatic rings. The van der Waals surface area contributed by atoms with Gasteiger partial charge in [0.25, 0.3) is 0 Å². The van der Waals surface area contributed by atoms with Crippen LogP contribution in [0.3, 0.4) is 0 Å². The van der Waals surface area contributed by atoms with E-state index in [9.17, 15) is 23.1 Å². The first-order valence-corrected chi connectivity index (χ1v) is 9.34. The lowest BCUT2D eigenvalue weighted by atomic mass is 10.0. The molecule has 0 atom stereocenters. The molecule has 0 saturated heterocycles. The molecule has 7 heteroatoms. The predicted octanol–water partition coefficient (Wildman–Crippen LogP) is 5.25. The Morgan fingerprint density at radius 2 is 1.79 bits per heavy atom. The van der Waals surface area contributed by atoms with Gasteiger partial charge in [0.15, 0.2) is 0 Å². The van der Waals surface area contributed by atoms with Gasteiger partial charge in [-0.1, -0.05) is 37.3 Å². The van der Waals surface area contributed by atoms with Gasteiger partial charge in [0.1, 0.15) is 17.1 Å². The highest BCUT2D eigenvalue weighted by Crippen LogP contribution is 2.31. The summed E-state index contributed by atoms with van der Waals surface area (Å²) < 4.78 is 44.7. The molecule has 0 aliphatic carbocycles. The first-order chi connectivity index (χ1) is 13.7. The third-order valence-electron chi connectivity index (χ3n) is 4.70. The van der Waals surface area contributed by atoms with E-state index >= 15 is 0 Å². The number of hydrogen-bond acceptors (Lipinski definition) is 4. The number of hydrogen-bond donors (Lipinski definition) is 1. The fraction of sp³-hybridized carbons (Fsp3) is 0.318. The van der Waals surface area contributed by atoms with E-state index in [1.54, 1.807) is 38.1 Å². The summed E-state index contributed by atoms with van der Waals surface area (Å²) in [5.41, 5.74) is 1.11. The minimum absolute atomic E-state index is 0.121. The van der Waals surface area contributed by atoms with Crippen molar-refractivity contribution >= 4 is 11.0 Å². The molecule has 1 aromatic heterocycles. The second kappa shape index (κ2) is 8.29. The van der Waals surface area contributed by atoms with Gasteiger partial charge in [-0.3, -0.25) is 9.69 Å². The van der Waals surface area contributed by atoms with Crippen LogP contribution in [0.5, 0.6) is 5.75 Å². The SMILES string of the molecule is CCCN(Cc1c(O)ccc2c(=O)c(-c3ccccc3)c(C)oc12)CC(F)(F)F. The van der Waals surface area contributed by atoms with E-state index < -0.39 is 12.7 Å². The average molecular weight is 405 g/mol. The summed E-state index contributed by atoms with van der Waals surface area (Å²) in [7, 11) is 0. The van der Waals surface area contributed by atoms with Gasteiger partial charge < -0.3 is 9.52 Å². The normalized spacial score (nSPS) is 12.1. The minimum atomic E-state index is -4.37. The van der Waals surface area contributed by atoms with Crippen molar-refractivity contribution in [3.63, 3.8) is 0 Å². The Kier molecular flexibility index (Phi) is 5.98. The zero-order chi connectivity index (χ0) is 21.2. The number of alkyl halides is 3. The molecule has 154 valence electrons. The fourth-order valence-corrected chi connectivity index (χ4v) is 3.51. The molecule has 0 aliphatic rings. The highest BCUT2D eigenvalue weighted by molar-refractivity contribution is 5.86. The monoisotopic (exact) mass is 405 g/mol. The van der Waals surface area contributed by atoms with E-state index in [0.717, 1.165) is 0 Å². The highest BCUT2D eigenvalue weighted by atomic mass is 19.4. The summed E-state index contributed by atoms with van der Waals surface area (Å²) in [6, 6.07) is 11.8. The smallest absolute Gasteiger partial charge is 0.401 e. The maximum absolute atomic E-state index is 13.1. The van der Waals surface area contributed by atoms with Crippen molar-refractivity contribution in [2.24, 2.45) is 0 Å². The number of halogens is 3. The standard InChI is InChI=1S/C22H22F3NO3/c1-3-11-26(13-22(23,24)25)12-17-18(27)10-9-16-20(28)19(14(2)29-21(16)17)15-7-5-4-6-8-15/h4-10,27H,3,11-13H2,1-2H3. The summed E-state index contributed by atoms with van der Waals surface area (Å²) in [6.45, 7) is 2.32. The molecule has 0 saturated carbocycles. The first kappa shape index (κ1) is 20.9. The largest absolute Gasteiger partial charge is 0.507 e. The molecule has 1 N–H and O–H groups in total. The molecule has 0 unspecified atom stereocenters. The van der Waals surface area contributed by atoms with Crippen molar-refractivity contribution in [3.8, 4) is 16.9 Å². The maximum Gasteiger partial charge on any atom is 0.401 e. The van der Waals surface area contributed by atoms with Crippen molar-refractivity contribution in [1.29, 1.82) is 0 Å². The van der Waals surface area contributed by atoms with Crippen LogP contribution >= 0.6 is 0 Å². The van der Waals surface area contributed by atoms with E-state index in [1.807, 2.05) is 6.07 Å². The van der Waals surface area contributed by atoms with Crippen molar-refractivity contribution < 1.29 is 22.7 Å². The van der Waals surface area contributed by atoms with Gasteiger partial charge in [-0.2, -0.15) is 13.2 Å². The Bertz CT molecular complexity index is 1060. The van der Waals surface area contributed by atoms with Crippen LogP contribution in [0.1, 0.15) is 24.7 Å². The summed E-state index contributed by atoms with van der Waals surface area (Å²) in [6.07, 6.45) is -3.85. The number of aryl methyl sites for hydroxylation is 1. The lowest BCUT2D eigenvalue weighted by Gasteiger charge is -2.24. The van der Waals surface area contributed by atoms with Gasteiger partial charge >= 0.3 is 6.18 Å². The van der Waals surface area contributed by atoms with Crippen LogP contribution < -0.4 is 5.43 Å². The van der Waals surface area contributed by atoms with E-state index in [0.29, 0.717) is 23.3 Å². The second-order valence-corrected chi connectivity index (χ2v) is 6.99. The van der Waals surface area contributed by atoms with Gasteiger partial charge in [-0.15, -0.1) is 0 Å². The molecule has 0 aliphatic heterocycles. The fourth-order valence-electron chi connectivity index (χ4n) is 3.51. The van der Waals surface area contributed by atoms with Crippen LogP contribution in [0.25, 0.3) is 22.1 Å². The summed E-state index contributed by atoms with van der Waals surface area (Å²) in [5.74, 6) is 0.147. The number of nitrogens with zero attached hydrogens (tertiary/aromatic N) is 1. The second-order valence-electron chi connectivity index (χ2n) is 6.99. The third kappa shape index (κ3) is 4.62. The molecule has 3 rings (SSSR count). The zero-order valence-corrected chi connectivity index (χ0v) is 16.2. The lowest BCUT2D eigenvalue weighted by Crippen LogP contribution is -2.34. The van der Waals surface area contributed by atoms with Crippen LogP contribution in [0.4, 0.5) is 13.2 Å². The number of rotatable bonds is 6. The molecule has 29 heavy (non-hydrogen) atoms. The molecule has 4 nitrogen and oxygen atoms in total. The van der Waals surface area contributed by atoms with Crippen molar-refractivity contribution in [2.45, 2.75) is 33.0 Å². The Hall–Kier alpha value is -2.80. The third-order valence-corrected chi connectivity index (χ3v) is 4.70.